The van der Waals surface area contributed by atoms with Crippen molar-refractivity contribution in [2.24, 2.45) is 5.92 Å². The molecule has 1 fully saturated rings. The number of rotatable bonds is 3. The van der Waals surface area contributed by atoms with Crippen LogP contribution in [0, 0.1) is 5.92 Å². The summed E-state index contributed by atoms with van der Waals surface area (Å²) in [6.45, 7) is 0.804. The monoisotopic (exact) mass is 320 g/mol. The lowest BCUT2D eigenvalue weighted by Gasteiger charge is -2.30. The molecule has 0 atom stereocenters. The molecule has 0 unspecified atom stereocenters. The Labute approximate surface area is 141 Å². The van der Waals surface area contributed by atoms with Crippen molar-refractivity contribution in [3.05, 3.63) is 59.7 Å². The zero-order valence-corrected chi connectivity index (χ0v) is 13.5. The molecule has 0 saturated heterocycles. The van der Waals surface area contributed by atoms with Crippen molar-refractivity contribution >= 4 is 23.2 Å². The van der Waals surface area contributed by atoms with Crippen LogP contribution in [-0.4, -0.2) is 18.4 Å². The van der Waals surface area contributed by atoms with Crippen LogP contribution in [-0.2, 0) is 11.2 Å². The van der Waals surface area contributed by atoms with E-state index in [1.54, 1.807) is 12.1 Å². The van der Waals surface area contributed by atoms with E-state index < -0.39 is 0 Å². The van der Waals surface area contributed by atoms with E-state index >= 15 is 0 Å². The third-order valence-corrected chi connectivity index (χ3v) is 4.68. The first-order chi connectivity index (χ1) is 11.7. The van der Waals surface area contributed by atoms with E-state index in [2.05, 4.69) is 5.32 Å². The molecule has 122 valence electrons. The number of carbonyl (C=O) groups is 2. The van der Waals surface area contributed by atoms with Gasteiger partial charge in [-0.3, -0.25) is 9.59 Å². The summed E-state index contributed by atoms with van der Waals surface area (Å²) in [5.41, 5.74) is 3.57. The van der Waals surface area contributed by atoms with Gasteiger partial charge in [-0.25, -0.2) is 0 Å². The highest BCUT2D eigenvalue weighted by molar-refractivity contribution is 6.04. The fraction of sp³-hybridized carbons (Fsp3) is 0.300. The minimum Gasteiger partial charge on any atom is -0.322 e. The second-order valence-electron chi connectivity index (χ2n) is 6.53. The highest BCUT2D eigenvalue weighted by atomic mass is 16.2. The van der Waals surface area contributed by atoms with Gasteiger partial charge in [0, 0.05) is 29.4 Å². The molecule has 2 amide bonds. The smallest absolute Gasteiger partial charge is 0.255 e. The number of nitrogens with zero attached hydrogens (tertiary/aromatic N) is 1. The molecule has 4 nitrogen and oxygen atoms in total. The maximum absolute atomic E-state index is 12.4. The lowest BCUT2D eigenvalue weighted by Crippen LogP contribution is -2.36. The molecule has 2 aliphatic rings. The van der Waals surface area contributed by atoms with Gasteiger partial charge in [0.1, 0.15) is 0 Å². The Hall–Kier alpha value is -2.62. The van der Waals surface area contributed by atoms with Crippen LogP contribution in [0.1, 0.15) is 35.2 Å². The second kappa shape index (κ2) is 6.11. The number of hydrogen-bond donors (Lipinski definition) is 1. The number of benzene rings is 2. The van der Waals surface area contributed by atoms with E-state index in [-0.39, 0.29) is 17.7 Å². The molecule has 2 aromatic carbocycles. The molecule has 1 heterocycles. The Kier molecular flexibility index (Phi) is 3.81. The summed E-state index contributed by atoms with van der Waals surface area (Å²) >= 11 is 0. The minimum absolute atomic E-state index is 0.114. The van der Waals surface area contributed by atoms with Gasteiger partial charge in [0.2, 0.25) is 5.91 Å². The van der Waals surface area contributed by atoms with Crippen LogP contribution >= 0.6 is 0 Å². The summed E-state index contributed by atoms with van der Waals surface area (Å²) in [4.78, 5) is 26.6. The van der Waals surface area contributed by atoms with E-state index in [9.17, 15) is 9.59 Å². The molecule has 1 aliphatic heterocycles. The van der Waals surface area contributed by atoms with Crippen LogP contribution in [0.25, 0.3) is 0 Å². The molecule has 0 bridgehead atoms. The summed E-state index contributed by atoms with van der Waals surface area (Å²) in [6, 6.07) is 15.0. The van der Waals surface area contributed by atoms with E-state index in [1.807, 2.05) is 41.3 Å². The molecule has 4 rings (SSSR count). The van der Waals surface area contributed by atoms with Gasteiger partial charge in [0.05, 0.1) is 0 Å². The van der Waals surface area contributed by atoms with E-state index in [4.69, 9.17) is 0 Å². The van der Waals surface area contributed by atoms with Gasteiger partial charge >= 0.3 is 0 Å². The first-order valence-corrected chi connectivity index (χ1v) is 8.53. The van der Waals surface area contributed by atoms with Gasteiger partial charge in [-0.2, -0.15) is 0 Å². The number of amides is 2. The van der Waals surface area contributed by atoms with Crippen molar-refractivity contribution in [3.63, 3.8) is 0 Å². The summed E-state index contributed by atoms with van der Waals surface area (Å²) in [7, 11) is 0. The van der Waals surface area contributed by atoms with Crippen LogP contribution in [0.3, 0.4) is 0 Å². The molecule has 4 heteroatoms. The molecule has 0 radical (unpaired) electrons. The standard InChI is InChI=1S/C20H20N2O2/c23-19(14-5-2-1-3-6-14)21-17-10-11-18-16(13-17)7-4-12-22(18)20(24)15-8-9-15/h1-3,5-6,10-11,13,15H,4,7-9,12H2,(H,21,23). The predicted octanol–water partition coefficient (Wildman–Crippen LogP) is 3.63. The summed E-state index contributed by atoms with van der Waals surface area (Å²) in [6.07, 6.45) is 3.96. The molecular formula is C20H20N2O2. The van der Waals surface area contributed by atoms with Crippen LogP contribution in [0.2, 0.25) is 0 Å². The SMILES string of the molecule is O=C(Nc1ccc2c(c1)CCCN2C(=O)C1CC1)c1ccccc1. The van der Waals surface area contributed by atoms with Crippen LogP contribution < -0.4 is 10.2 Å². The molecule has 1 saturated carbocycles. The Balaban J connectivity index is 1.55. The number of anilines is 2. The summed E-state index contributed by atoms with van der Waals surface area (Å²) in [5, 5.41) is 2.95. The first kappa shape index (κ1) is 14.9. The molecule has 24 heavy (non-hydrogen) atoms. The van der Waals surface area contributed by atoms with Crippen LogP contribution in [0.15, 0.2) is 48.5 Å². The Bertz CT molecular complexity index is 781. The Morgan fingerprint density at radius 1 is 1.04 bits per heavy atom. The average Bonchev–Trinajstić information content (AvgIpc) is 3.46. The number of hydrogen-bond acceptors (Lipinski definition) is 2. The van der Waals surface area contributed by atoms with Crippen molar-refractivity contribution < 1.29 is 9.59 Å². The van der Waals surface area contributed by atoms with Crippen molar-refractivity contribution in [2.45, 2.75) is 25.7 Å². The molecule has 1 N–H and O–H groups in total. The Morgan fingerprint density at radius 2 is 1.83 bits per heavy atom. The van der Waals surface area contributed by atoms with E-state index in [0.717, 1.165) is 49.2 Å². The number of aryl methyl sites for hydroxylation is 1. The molecule has 2 aromatic rings. The lowest BCUT2D eigenvalue weighted by atomic mass is 10.00. The van der Waals surface area contributed by atoms with Crippen LogP contribution in [0.5, 0.6) is 0 Å². The highest BCUT2D eigenvalue weighted by Crippen LogP contribution is 2.36. The Morgan fingerprint density at radius 3 is 2.58 bits per heavy atom. The number of carbonyl (C=O) groups excluding carboxylic acids is 2. The van der Waals surface area contributed by atoms with Crippen molar-refractivity contribution in [2.75, 3.05) is 16.8 Å². The van der Waals surface area contributed by atoms with E-state index in [0.29, 0.717) is 5.56 Å². The van der Waals surface area contributed by atoms with Gasteiger partial charge in [0.25, 0.3) is 5.91 Å². The quantitative estimate of drug-likeness (QED) is 0.939. The summed E-state index contributed by atoms with van der Waals surface area (Å²) < 4.78 is 0. The predicted molar refractivity (Wildman–Crippen MR) is 94.2 cm³/mol. The van der Waals surface area contributed by atoms with Gasteiger partial charge in [-0.05, 0) is 61.6 Å². The van der Waals surface area contributed by atoms with Gasteiger partial charge in [0.15, 0.2) is 0 Å². The van der Waals surface area contributed by atoms with Crippen molar-refractivity contribution in [3.8, 4) is 0 Å². The van der Waals surface area contributed by atoms with Gasteiger partial charge in [-0.15, -0.1) is 0 Å². The first-order valence-electron chi connectivity index (χ1n) is 8.53. The van der Waals surface area contributed by atoms with Gasteiger partial charge < -0.3 is 10.2 Å². The fourth-order valence-corrected chi connectivity index (χ4v) is 3.25. The molecular weight excluding hydrogens is 300 g/mol. The van der Waals surface area contributed by atoms with Crippen molar-refractivity contribution in [1.29, 1.82) is 0 Å². The maximum atomic E-state index is 12.4. The molecule has 0 aromatic heterocycles. The third kappa shape index (κ3) is 2.92. The van der Waals surface area contributed by atoms with E-state index in [1.165, 1.54) is 0 Å². The minimum atomic E-state index is -0.114. The largest absolute Gasteiger partial charge is 0.322 e. The third-order valence-electron chi connectivity index (χ3n) is 4.68. The normalized spacial score (nSPS) is 16.4. The number of nitrogens with one attached hydrogen (secondary N) is 1. The molecule has 1 aliphatic carbocycles. The zero-order chi connectivity index (χ0) is 16.5. The maximum Gasteiger partial charge on any atom is 0.255 e. The zero-order valence-electron chi connectivity index (χ0n) is 13.5. The highest BCUT2D eigenvalue weighted by Gasteiger charge is 2.35. The number of fused-ring (bicyclic) bond motifs is 1. The average molecular weight is 320 g/mol. The fourth-order valence-electron chi connectivity index (χ4n) is 3.25. The van der Waals surface area contributed by atoms with Gasteiger partial charge in [-0.1, -0.05) is 18.2 Å². The van der Waals surface area contributed by atoms with Crippen LogP contribution in [0.4, 0.5) is 11.4 Å². The van der Waals surface area contributed by atoms with Crippen molar-refractivity contribution in [1.82, 2.24) is 0 Å². The topological polar surface area (TPSA) is 49.4 Å². The second-order valence-corrected chi connectivity index (χ2v) is 6.53. The lowest BCUT2D eigenvalue weighted by molar-refractivity contribution is -0.119. The summed E-state index contributed by atoms with van der Waals surface area (Å²) in [5.74, 6) is 0.378. The molecule has 0 spiro atoms.